The van der Waals surface area contributed by atoms with Crippen LogP contribution in [0.4, 0.5) is 0 Å². The van der Waals surface area contributed by atoms with E-state index in [9.17, 15) is 0 Å². The van der Waals surface area contributed by atoms with E-state index in [2.05, 4.69) is 116 Å². The third-order valence-electron chi connectivity index (χ3n) is 7.18. The molecule has 37 heavy (non-hydrogen) atoms. The van der Waals surface area contributed by atoms with Crippen molar-refractivity contribution >= 4 is 33.0 Å². The number of aryl methyl sites for hydroxylation is 3. The molecule has 3 heteroatoms. The van der Waals surface area contributed by atoms with Crippen LogP contribution in [-0.4, -0.2) is 9.55 Å². The molecular weight excluding hydrogens is 452 g/mol. The van der Waals surface area contributed by atoms with Gasteiger partial charge in [-0.1, -0.05) is 60.7 Å². The first-order chi connectivity index (χ1) is 18.1. The highest BCUT2D eigenvalue weighted by molar-refractivity contribution is 6.10. The van der Waals surface area contributed by atoms with Crippen LogP contribution in [0, 0.1) is 20.8 Å². The Morgan fingerprint density at radius 3 is 2.05 bits per heavy atom. The number of furan rings is 1. The summed E-state index contributed by atoms with van der Waals surface area (Å²) in [5, 5.41) is 2.36. The summed E-state index contributed by atoms with van der Waals surface area (Å²) in [5.41, 5.74) is 12.1. The van der Waals surface area contributed by atoms with Crippen molar-refractivity contribution in [2.24, 2.45) is 0 Å². The lowest BCUT2D eigenvalue weighted by molar-refractivity contribution is 0.666. The van der Waals surface area contributed by atoms with Gasteiger partial charge in [0.2, 0.25) is 0 Å². The fourth-order valence-corrected chi connectivity index (χ4v) is 5.55. The second kappa shape index (κ2) is 8.21. The summed E-state index contributed by atoms with van der Waals surface area (Å²) in [6.07, 6.45) is 0. The first-order valence-electron chi connectivity index (χ1n) is 12.6. The average molecular weight is 479 g/mol. The van der Waals surface area contributed by atoms with Crippen LogP contribution in [0.25, 0.3) is 61.2 Å². The van der Waals surface area contributed by atoms with Gasteiger partial charge in [-0.05, 0) is 85.5 Å². The van der Waals surface area contributed by atoms with Crippen molar-refractivity contribution in [1.29, 1.82) is 0 Å². The lowest BCUT2D eigenvalue weighted by Gasteiger charge is -2.10. The molecule has 0 aliphatic rings. The van der Waals surface area contributed by atoms with Crippen molar-refractivity contribution < 1.29 is 4.42 Å². The molecule has 0 aliphatic carbocycles. The molecule has 2 heterocycles. The highest BCUT2D eigenvalue weighted by atomic mass is 16.3. The van der Waals surface area contributed by atoms with Crippen molar-refractivity contribution in [3.63, 3.8) is 0 Å². The molecule has 7 rings (SSSR count). The molecule has 7 aromatic rings. The Balaban J connectivity index is 1.40. The van der Waals surface area contributed by atoms with E-state index in [1.54, 1.807) is 0 Å². The number of imidazole rings is 1. The number of hydrogen-bond donors (Lipinski definition) is 0. The highest BCUT2D eigenvalue weighted by Crippen LogP contribution is 2.39. The lowest BCUT2D eigenvalue weighted by Crippen LogP contribution is -1.97. The molecule has 0 radical (unpaired) electrons. The standard InChI is InChI=1S/C34H26N2O/c1-21-17-23(3)32-28(19-21)29-20-22(2)18-27(33(29)37-32)24-13-15-25(16-14-24)34-35-30-11-7-8-12-31(30)36(34)26-9-5-4-6-10-26/h4-20H,1-3H3. The topological polar surface area (TPSA) is 31.0 Å². The van der Waals surface area contributed by atoms with Crippen LogP contribution in [0.3, 0.4) is 0 Å². The van der Waals surface area contributed by atoms with Crippen LogP contribution in [0.5, 0.6) is 0 Å². The largest absolute Gasteiger partial charge is 0.455 e. The molecule has 0 atom stereocenters. The lowest BCUT2D eigenvalue weighted by atomic mass is 9.98. The smallest absolute Gasteiger partial charge is 0.145 e. The second-order valence-electron chi connectivity index (χ2n) is 9.92. The summed E-state index contributed by atoms with van der Waals surface area (Å²) in [6, 6.07) is 36.3. The number of nitrogens with zero attached hydrogens (tertiary/aromatic N) is 2. The van der Waals surface area contributed by atoms with E-state index in [1.165, 1.54) is 27.5 Å². The van der Waals surface area contributed by atoms with Crippen molar-refractivity contribution in [3.8, 4) is 28.2 Å². The van der Waals surface area contributed by atoms with Crippen LogP contribution < -0.4 is 0 Å². The molecule has 0 saturated carbocycles. The van der Waals surface area contributed by atoms with Crippen LogP contribution in [0.2, 0.25) is 0 Å². The third kappa shape index (κ3) is 3.47. The molecule has 5 aromatic carbocycles. The van der Waals surface area contributed by atoms with Gasteiger partial charge in [-0.25, -0.2) is 4.98 Å². The zero-order valence-corrected chi connectivity index (χ0v) is 21.1. The van der Waals surface area contributed by atoms with E-state index >= 15 is 0 Å². The van der Waals surface area contributed by atoms with Crippen molar-refractivity contribution in [3.05, 3.63) is 120 Å². The summed E-state index contributed by atoms with van der Waals surface area (Å²) < 4.78 is 8.73. The van der Waals surface area contributed by atoms with Crippen LogP contribution in [0.15, 0.2) is 108 Å². The molecule has 0 N–H and O–H groups in total. The van der Waals surface area contributed by atoms with E-state index in [0.717, 1.165) is 50.4 Å². The zero-order valence-electron chi connectivity index (χ0n) is 21.1. The van der Waals surface area contributed by atoms with E-state index in [-0.39, 0.29) is 0 Å². The van der Waals surface area contributed by atoms with Gasteiger partial charge >= 0.3 is 0 Å². The molecule has 0 aliphatic heterocycles. The molecule has 0 fully saturated rings. The number of benzene rings is 5. The Morgan fingerprint density at radius 1 is 0.622 bits per heavy atom. The van der Waals surface area contributed by atoms with E-state index < -0.39 is 0 Å². The van der Waals surface area contributed by atoms with Gasteiger partial charge < -0.3 is 4.42 Å². The van der Waals surface area contributed by atoms with Crippen LogP contribution in [-0.2, 0) is 0 Å². The minimum Gasteiger partial charge on any atom is -0.455 e. The Bertz CT molecular complexity index is 1940. The summed E-state index contributed by atoms with van der Waals surface area (Å²) in [6.45, 7) is 6.42. The number of hydrogen-bond acceptors (Lipinski definition) is 2. The fourth-order valence-electron chi connectivity index (χ4n) is 5.55. The summed E-state index contributed by atoms with van der Waals surface area (Å²) in [7, 11) is 0. The first kappa shape index (κ1) is 21.6. The summed E-state index contributed by atoms with van der Waals surface area (Å²) >= 11 is 0. The van der Waals surface area contributed by atoms with Crippen molar-refractivity contribution in [1.82, 2.24) is 9.55 Å². The number of fused-ring (bicyclic) bond motifs is 4. The predicted molar refractivity (Wildman–Crippen MR) is 153 cm³/mol. The quantitative estimate of drug-likeness (QED) is 0.253. The van der Waals surface area contributed by atoms with E-state index in [1.807, 2.05) is 12.1 Å². The Morgan fingerprint density at radius 2 is 1.27 bits per heavy atom. The molecule has 0 unspecified atom stereocenters. The molecule has 0 bridgehead atoms. The Kier molecular flexibility index (Phi) is 4.80. The van der Waals surface area contributed by atoms with E-state index in [4.69, 9.17) is 9.40 Å². The zero-order chi connectivity index (χ0) is 25.1. The van der Waals surface area contributed by atoms with Crippen LogP contribution >= 0.6 is 0 Å². The molecule has 0 amide bonds. The number of para-hydroxylation sites is 3. The molecule has 0 saturated heterocycles. The molecular formula is C34H26N2O. The maximum absolute atomic E-state index is 6.49. The molecule has 0 spiro atoms. The van der Waals surface area contributed by atoms with Gasteiger partial charge in [-0.3, -0.25) is 4.57 Å². The molecule has 3 nitrogen and oxygen atoms in total. The van der Waals surface area contributed by atoms with Gasteiger partial charge in [0, 0.05) is 27.6 Å². The Hall–Kier alpha value is -4.63. The van der Waals surface area contributed by atoms with Gasteiger partial charge in [0.15, 0.2) is 0 Å². The van der Waals surface area contributed by atoms with Crippen molar-refractivity contribution in [2.45, 2.75) is 20.8 Å². The average Bonchev–Trinajstić information content (AvgIpc) is 3.48. The van der Waals surface area contributed by atoms with Crippen LogP contribution in [0.1, 0.15) is 16.7 Å². The van der Waals surface area contributed by atoms with Gasteiger partial charge in [-0.15, -0.1) is 0 Å². The predicted octanol–water partition coefficient (Wildman–Crippen LogP) is 9.18. The monoisotopic (exact) mass is 478 g/mol. The number of aromatic nitrogens is 2. The first-order valence-corrected chi connectivity index (χ1v) is 12.6. The minimum atomic E-state index is 0.933. The summed E-state index contributed by atoms with van der Waals surface area (Å²) in [5.74, 6) is 0.933. The third-order valence-corrected chi connectivity index (χ3v) is 7.18. The summed E-state index contributed by atoms with van der Waals surface area (Å²) in [4.78, 5) is 5.02. The maximum atomic E-state index is 6.49. The van der Waals surface area contributed by atoms with Crippen molar-refractivity contribution in [2.75, 3.05) is 0 Å². The fraction of sp³-hybridized carbons (Fsp3) is 0.0882. The molecule has 2 aromatic heterocycles. The van der Waals surface area contributed by atoms with Gasteiger partial charge in [0.25, 0.3) is 0 Å². The molecule has 178 valence electrons. The van der Waals surface area contributed by atoms with Gasteiger partial charge in [-0.2, -0.15) is 0 Å². The maximum Gasteiger partial charge on any atom is 0.145 e. The van der Waals surface area contributed by atoms with Gasteiger partial charge in [0.1, 0.15) is 17.0 Å². The van der Waals surface area contributed by atoms with E-state index in [0.29, 0.717) is 0 Å². The SMILES string of the molecule is Cc1cc(C)c2oc3c(-c4ccc(-c5nc6ccccc6n5-c5ccccc5)cc4)cc(C)cc3c2c1. The number of rotatable bonds is 3. The highest BCUT2D eigenvalue weighted by Gasteiger charge is 2.17. The minimum absolute atomic E-state index is 0.933. The Labute approximate surface area is 215 Å². The van der Waals surface area contributed by atoms with Gasteiger partial charge in [0.05, 0.1) is 11.0 Å². The second-order valence-corrected chi connectivity index (χ2v) is 9.92. The normalized spacial score (nSPS) is 11.6.